The quantitative estimate of drug-likeness (QED) is 0.849. The average Bonchev–Trinajstić information content (AvgIpc) is 2.53. The first kappa shape index (κ1) is 16.0. The van der Waals surface area contributed by atoms with Gasteiger partial charge in [0.2, 0.25) is 0 Å². The Bertz CT molecular complexity index is 688. The molecule has 0 amide bonds. The number of rotatable bonds is 6. The van der Waals surface area contributed by atoms with Gasteiger partial charge in [-0.3, -0.25) is 0 Å². The third-order valence-electron chi connectivity index (χ3n) is 3.17. The second-order valence-electron chi connectivity index (χ2n) is 4.53. The van der Waals surface area contributed by atoms with Crippen molar-refractivity contribution < 1.29 is 19.4 Å². The smallest absolute Gasteiger partial charge is 0.335 e. The van der Waals surface area contributed by atoms with Crippen molar-refractivity contribution in [3.8, 4) is 11.5 Å². The summed E-state index contributed by atoms with van der Waals surface area (Å²) in [5, 5.41) is 12.6. The van der Waals surface area contributed by atoms with E-state index in [1.54, 1.807) is 26.4 Å². The van der Waals surface area contributed by atoms with Crippen LogP contribution in [-0.2, 0) is 6.54 Å². The van der Waals surface area contributed by atoms with Crippen LogP contribution in [0.1, 0.15) is 15.9 Å². The average molecular weight is 322 g/mol. The lowest BCUT2D eigenvalue weighted by Crippen LogP contribution is -2.04. The van der Waals surface area contributed by atoms with Gasteiger partial charge in [-0.1, -0.05) is 11.6 Å². The summed E-state index contributed by atoms with van der Waals surface area (Å²) < 4.78 is 10.5. The molecule has 2 aromatic rings. The minimum absolute atomic E-state index is 0.171. The number of hydrogen-bond acceptors (Lipinski definition) is 4. The molecule has 5 nitrogen and oxygen atoms in total. The van der Waals surface area contributed by atoms with Gasteiger partial charge < -0.3 is 19.9 Å². The van der Waals surface area contributed by atoms with Gasteiger partial charge in [0.05, 0.1) is 30.5 Å². The van der Waals surface area contributed by atoms with Crippen molar-refractivity contribution in [1.29, 1.82) is 0 Å². The summed E-state index contributed by atoms with van der Waals surface area (Å²) in [6, 6.07) is 9.97. The fourth-order valence-electron chi connectivity index (χ4n) is 2.00. The number of carboxylic acid groups (broad SMARTS) is 1. The summed E-state index contributed by atoms with van der Waals surface area (Å²) in [4.78, 5) is 11.0. The fraction of sp³-hybridized carbons (Fsp3) is 0.188. The van der Waals surface area contributed by atoms with Crippen molar-refractivity contribution in [1.82, 2.24) is 0 Å². The molecule has 0 heterocycles. The Morgan fingerprint density at radius 2 is 1.95 bits per heavy atom. The minimum Gasteiger partial charge on any atom is -0.497 e. The van der Waals surface area contributed by atoms with E-state index in [0.717, 1.165) is 5.56 Å². The van der Waals surface area contributed by atoms with Crippen LogP contribution in [0.15, 0.2) is 36.4 Å². The predicted octanol–water partition coefficient (Wildman–Crippen LogP) is 3.67. The largest absolute Gasteiger partial charge is 0.497 e. The van der Waals surface area contributed by atoms with Crippen LogP contribution in [0.2, 0.25) is 5.02 Å². The van der Waals surface area contributed by atoms with E-state index in [9.17, 15) is 4.79 Å². The summed E-state index contributed by atoms with van der Waals surface area (Å²) >= 11 is 6.09. The van der Waals surface area contributed by atoms with Crippen LogP contribution in [0.3, 0.4) is 0 Å². The molecule has 2 N–H and O–H groups in total. The van der Waals surface area contributed by atoms with E-state index in [1.807, 2.05) is 12.1 Å². The second-order valence-corrected chi connectivity index (χ2v) is 4.94. The molecule has 0 radical (unpaired) electrons. The minimum atomic E-state index is -1.00. The number of benzene rings is 2. The number of hydrogen-bond donors (Lipinski definition) is 2. The van der Waals surface area contributed by atoms with E-state index >= 15 is 0 Å². The number of aromatic carboxylic acids is 1. The number of carboxylic acids is 1. The van der Waals surface area contributed by atoms with E-state index in [0.29, 0.717) is 28.8 Å². The molecule has 0 aliphatic carbocycles. The van der Waals surface area contributed by atoms with Crippen LogP contribution >= 0.6 is 11.6 Å². The van der Waals surface area contributed by atoms with E-state index in [1.165, 1.54) is 12.1 Å². The molecule has 6 heteroatoms. The van der Waals surface area contributed by atoms with Crippen LogP contribution in [0, 0.1) is 0 Å². The first-order chi connectivity index (χ1) is 10.5. The monoisotopic (exact) mass is 321 g/mol. The lowest BCUT2D eigenvalue weighted by molar-refractivity contribution is 0.0697. The molecule has 2 aromatic carbocycles. The molecule has 0 fully saturated rings. The number of halogens is 1. The zero-order chi connectivity index (χ0) is 16.1. The molecule has 116 valence electrons. The van der Waals surface area contributed by atoms with Crippen molar-refractivity contribution >= 4 is 23.3 Å². The molecule has 0 spiro atoms. The normalized spacial score (nSPS) is 10.1. The first-order valence-corrected chi connectivity index (χ1v) is 6.90. The lowest BCUT2D eigenvalue weighted by Gasteiger charge is -2.13. The highest BCUT2D eigenvalue weighted by Crippen LogP contribution is 2.27. The molecule has 0 saturated carbocycles. The molecule has 0 aliphatic rings. The summed E-state index contributed by atoms with van der Waals surface area (Å²) in [5.74, 6) is 0.417. The molecule has 0 bridgehead atoms. The summed E-state index contributed by atoms with van der Waals surface area (Å²) in [5.41, 5.74) is 1.59. The lowest BCUT2D eigenvalue weighted by atomic mass is 10.1. The Kier molecular flexibility index (Phi) is 5.12. The van der Waals surface area contributed by atoms with Crippen LogP contribution in [0.5, 0.6) is 11.5 Å². The first-order valence-electron chi connectivity index (χ1n) is 6.52. The molecular formula is C16H16ClNO4. The summed E-state index contributed by atoms with van der Waals surface area (Å²) in [6.07, 6.45) is 0. The van der Waals surface area contributed by atoms with Gasteiger partial charge >= 0.3 is 5.97 Å². The van der Waals surface area contributed by atoms with E-state index < -0.39 is 5.97 Å². The molecule has 0 aliphatic heterocycles. The van der Waals surface area contributed by atoms with Crippen molar-refractivity contribution in [2.45, 2.75) is 6.54 Å². The van der Waals surface area contributed by atoms with Crippen molar-refractivity contribution in [2.24, 2.45) is 0 Å². The standard InChI is InChI=1S/C16H16ClNO4/c1-21-12-4-6-15(22-2)11(7-12)9-18-14-8-10(16(19)20)3-5-13(14)17/h3-8,18H,9H2,1-2H3,(H,19,20). The van der Waals surface area contributed by atoms with Gasteiger partial charge in [0.15, 0.2) is 0 Å². The van der Waals surface area contributed by atoms with Crippen LogP contribution < -0.4 is 14.8 Å². The Morgan fingerprint density at radius 1 is 1.18 bits per heavy atom. The Balaban J connectivity index is 2.22. The van der Waals surface area contributed by atoms with Crippen molar-refractivity contribution in [2.75, 3.05) is 19.5 Å². The molecule has 22 heavy (non-hydrogen) atoms. The maximum Gasteiger partial charge on any atom is 0.335 e. The van der Waals surface area contributed by atoms with Crippen LogP contribution in [0.25, 0.3) is 0 Å². The van der Waals surface area contributed by atoms with E-state index in [4.69, 9.17) is 26.2 Å². The number of anilines is 1. The van der Waals surface area contributed by atoms with Gasteiger partial charge in [-0.2, -0.15) is 0 Å². The highest BCUT2D eigenvalue weighted by atomic mass is 35.5. The van der Waals surface area contributed by atoms with E-state index in [-0.39, 0.29) is 5.56 Å². The fourth-order valence-corrected chi connectivity index (χ4v) is 2.19. The second kappa shape index (κ2) is 7.04. The number of carbonyl (C=O) groups is 1. The van der Waals surface area contributed by atoms with Gasteiger partial charge in [-0.05, 0) is 36.4 Å². The third kappa shape index (κ3) is 3.62. The topological polar surface area (TPSA) is 67.8 Å². The highest BCUT2D eigenvalue weighted by Gasteiger charge is 2.09. The Morgan fingerprint density at radius 3 is 2.59 bits per heavy atom. The van der Waals surface area contributed by atoms with Gasteiger partial charge in [-0.25, -0.2) is 4.79 Å². The zero-order valence-corrected chi connectivity index (χ0v) is 13.0. The zero-order valence-electron chi connectivity index (χ0n) is 12.2. The highest BCUT2D eigenvalue weighted by molar-refractivity contribution is 6.33. The number of methoxy groups -OCH3 is 2. The molecule has 0 atom stereocenters. The van der Waals surface area contributed by atoms with Crippen LogP contribution in [-0.4, -0.2) is 25.3 Å². The molecule has 2 rings (SSSR count). The predicted molar refractivity (Wildman–Crippen MR) is 85.3 cm³/mol. The third-order valence-corrected chi connectivity index (χ3v) is 3.50. The van der Waals surface area contributed by atoms with Gasteiger partial charge in [0.25, 0.3) is 0 Å². The van der Waals surface area contributed by atoms with Crippen molar-refractivity contribution in [3.63, 3.8) is 0 Å². The summed E-state index contributed by atoms with van der Waals surface area (Å²) in [6.45, 7) is 0.420. The number of ether oxygens (including phenoxy) is 2. The molecule has 0 aromatic heterocycles. The molecule has 0 unspecified atom stereocenters. The van der Waals surface area contributed by atoms with Gasteiger partial charge in [0.1, 0.15) is 11.5 Å². The number of nitrogens with one attached hydrogen (secondary N) is 1. The maximum atomic E-state index is 11.0. The molecular weight excluding hydrogens is 306 g/mol. The van der Waals surface area contributed by atoms with Gasteiger partial charge in [-0.15, -0.1) is 0 Å². The summed E-state index contributed by atoms with van der Waals surface area (Å²) in [7, 11) is 3.18. The molecule has 0 saturated heterocycles. The maximum absolute atomic E-state index is 11.0. The van der Waals surface area contributed by atoms with Gasteiger partial charge in [0, 0.05) is 12.1 Å². The van der Waals surface area contributed by atoms with E-state index in [2.05, 4.69) is 5.32 Å². The SMILES string of the molecule is COc1ccc(OC)c(CNc2cc(C(=O)O)ccc2Cl)c1. The van der Waals surface area contributed by atoms with Crippen LogP contribution in [0.4, 0.5) is 5.69 Å². The van der Waals surface area contributed by atoms with Crippen molar-refractivity contribution in [3.05, 3.63) is 52.5 Å². The Hall–Kier alpha value is -2.40. The Labute approximate surface area is 133 Å².